The van der Waals surface area contributed by atoms with Crippen LogP contribution in [-0.4, -0.2) is 81.8 Å². The molecule has 2 saturated heterocycles. The van der Waals surface area contributed by atoms with Crippen molar-refractivity contribution in [2.45, 2.75) is 18.9 Å². The summed E-state index contributed by atoms with van der Waals surface area (Å²) in [6.45, 7) is 8.01. The van der Waals surface area contributed by atoms with Crippen LogP contribution < -0.4 is 5.32 Å². The molecule has 0 radical (unpaired) electrons. The van der Waals surface area contributed by atoms with Crippen molar-refractivity contribution in [3.8, 4) is 0 Å². The smallest absolute Gasteiger partial charge is 0.246 e. The third-order valence-corrected chi connectivity index (χ3v) is 6.82. The van der Waals surface area contributed by atoms with E-state index in [1.807, 2.05) is 4.90 Å². The maximum atomic E-state index is 12.9. The fourth-order valence-corrected chi connectivity index (χ4v) is 4.48. The van der Waals surface area contributed by atoms with Crippen LogP contribution in [0.1, 0.15) is 12.0 Å². The van der Waals surface area contributed by atoms with E-state index in [2.05, 4.69) is 26.8 Å². The Balaban J connectivity index is 1.30. The average molecular weight is 489 g/mol. The molecule has 0 aliphatic carbocycles. The first-order chi connectivity index (χ1) is 15.9. The number of anilines is 2. The summed E-state index contributed by atoms with van der Waals surface area (Å²) in [5.74, 6) is 0.540. The van der Waals surface area contributed by atoms with Crippen molar-refractivity contribution >= 4 is 46.7 Å². The SMILES string of the molecule is C=CC(=O)N1CC(N2CCN(C(=O)CCc3cc(Cl)c(Cl)cc3Nc3ncccn3)CC2)C1. The Morgan fingerprint density at radius 2 is 1.73 bits per heavy atom. The number of hydrogen-bond donors (Lipinski definition) is 1. The van der Waals surface area contributed by atoms with Crippen LogP contribution in [0, 0.1) is 0 Å². The first-order valence-corrected chi connectivity index (χ1v) is 11.7. The Hall–Kier alpha value is -2.68. The Morgan fingerprint density at radius 3 is 2.39 bits per heavy atom. The van der Waals surface area contributed by atoms with Crippen LogP contribution in [0.3, 0.4) is 0 Å². The summed E-state index contributed by atoms with van der Waals surface area (Å²) in [7, 11) is 0. The first-order valence-electron chi connectivity index (χ1n) is 10.9. The molecule has 2 aliphatic heterocycles. The summed E-state index contributed by atoms with van der Waals surface area (Å²) >= 11 is 12.4. The van der Waals surface area contributed by atoms with Gasteiger partial charge >= 0.3 is 0 Å². The maximum Gasteiger partial charge on any atom is 0.246 e. The van der Waals surface area contributed by atoms with Gasteiger partial charge in [-0.3, -0.25) is 14.5 Å². The van der Waals surface area contributed by atoms with Crippen molar-refractivity contribution in [2.75, 3.05) is 44.6 Å². The van der Waals surface area contributed by atoms with Crippen LogP contribution in [0.4, 0.5) is 11.6 Å². The third kappa shape index (κ3) is 5.63. The number of nitrogens with one attached hydrogen (secondary N) is 1. The van der Waals surface area contributed by atoms with Gasteiger partial charge in [0.15, 0.2) is 0 Å². The minimum absolute atomic E-state index is 0.0185. The highest BCUT2D eigenvalue weighted by Crippen LogP contribution is 2.31. The monoisotopic (exact) mass is 488 g/mol. The molecule has 33 heavy (non-hydrogen) atoms. The second kappa shape index (κ2) is 10.5. The van der Waals surface area contributed by atoms with Crippen LogP contribution in [0.5, 0.6) is 0 Å². The van der Waals surface area contributed by atoms with Crippen molar-refractivity contribution in [1.82, 2.24) is 24.7 Å². The number of carbonyl (C=O) groups excluding carboxylic acids is 2. The Bertz CT molecular complexity index is 1020. The molecule has 0 saturated carbocycles. The fourth-order valence-electron chi connectivity index (χ4n) is 4.13. The summed E-state index contributed by atoms with van der Waals surface area (Å²) in [6, 6.07) is 5.63. The van der Waals surface area contributed by atoms with Crippen LogP contribution in [0.25, 0.3) is 0 Å². The van der Waals surface area contributed by atoms with Crippen molar-refractivity contribution in [2.24, 2.45) is 0 Å². The number of carbonyl (C=O) groups is 2. The molecule has 174 valence electrons. The number of benzene rings is 1. The lowest BCUT2D eigenvalue weighted by molar-refractivity contribution is -0.136. The Kier molecular flexibility index (Phi) is 7.47. The van der Waals surface area contributed by atoms with Crippen LogP contribution >= 0.6 is 23.2 Å². The number of piperazine rings is 1. The van der Waals surface area contributed by atoms with Gasteiger partial charge in [-0.2, -0.15) is 0 Å². The number of halogens is 2. The second-order valence-corrected chi connectivity index (χ2v) is 8.95. The van der Waals surface area contributed by atoms with Crippen molar-refractivity contribution < 1.29 is 9.59 Å². The lowest BCUT2D eigenvalue weighted by Gasteiger charge is -2.47. The average Bonchev–Trinajstić information content (AvgIpc) is 2.80. The first kappa shape index (κ1) is 23.5. The predicted octanol–water partition coefficient (Wildman–Crippen LogP) is 3.00. The topological polar surface area (TPSA) is 81.7 Å². The molecule has 0 spiro atoms. The molecule has 10 heteroatoms. The molecule has 2 aliphatic rings. The number of aromatic nitrogens is 2. The van der Waals surface area contributed by atoms with E-state index < -0.39 is 0 Å². The summed E-state index contributed by atoms with van der Waals surface area (Å²) in [5, 5.41) is 4.02. The summed E-state index contributed by atoms with van der Waals surface area (Å²) < 4.78 is 0. The van der Waals surface area contributed by atoms with Gasteiger partial charge in [0.1, 0.15) is 0 Å². The third-order valence-electron chi connectivity index (χ3n) is 6.10. The lowest BCUT2D eigenvalue weighted by Crippen LogP contribution is -2.64. The number of hydrogen-bond acceptors (Lipinski definition) is 6. The van der Waals surface area contributed by atoms with Crippen LogP contribution in [-0.2, 0) is 16.0 Å². The second-order valence-electron chi connectivity index (χ2n) is 8.14. The van der Waals surface area contributed by atoms with E-state index >= 15 is 0 Å². The van der Waals surface area contributed by atoms with Crippen LogP contribution in [0.2, 0.25) is 10.0 Å². The van der Waals surface area contributed by atoms with Gasteiger partial charge in [-0.25, -0.2) is 9.97 Å². The van der Waals surface area contributed by atoms with Gasteiger partial charge < -0.3 is 15.1 Å². The number of likely N-dealkylation sites (tertiary alicyclic amines) is 1. The molecule has 1 aromatic heterocycles. The van der Waals surface area contributed by atoms with Crippen LogP contribution in [0.15, 0.2) is 43.2 Å². The normalized spacial score (nSPS) is 16.9. The van der Waals surface area contributed by atoms with E-state index in [0.717, 1.165) is 37.4 Å². The summed E-state index contributed by atoms with van der Waals surface area (Å²) in [4.78, 5) is 38.9. The van der Waals surface area contributed by atoms with Gasteiger partial charge in [0.25, 0.3) is 0 Å². The number of rotatable bonds is 7. The van der Waals surface area contributed by atoms with Gasteiger partial charge in [0.2, 0.25) is 17.8 Å². The minimum atomic E-state index is -0.0185. The van der Waals surface area contributed by atoms with Gasteiger partial charge in [-0.05, 0) is 36.3 Å². The molecule has 1 aromatic carbocycles. The van der Waals surface area contributed by atoms with Crippen molar-refractivity contribution in [3.63, 3.8) is 0 Å². The molecule has 0 bridgehead atoms. The quantitative estimate of drug-likeness (QED) is 0.603. The van der Waals surface area contributed by atoms with E-state index in [0.29, 0.717) is 48.0 Å². The molecule has 0 unspecified atom stereocenters. The molecule has 4 rings (SSSR count). The largest absolute Gasteiger partial charge is 0.340 e. The predicted molar refractivity (Wildman–Crippen MR) is 129 cm³/mol. The Morgan fingerprint density at radius 1 is 1.06 bits per heavy atom. The number of aryl methyl sites for hydroxylation is 1. The Labute approximate surface area is 203 Å². The molecular formula is C23H26Cl2N6O2. The van der Waals surface area contributed by atoms with Gasteiger partial charge in [-0.15, -0.1) is 0 Å². The van der Waals surface area contributed by atoms with Gasteiger partial charge in [-0.1, -0.05) is 29.8 Å². The molecule has 2 fully saturated rings. The number of amides is 2. The van der Waals surface area contributed by atoms with E-state index in [4.69, 9.17) is 23.2 Å². The van der Waals surface area contributed by atoms with Crippen molar-refractivity contribution in [3.05, 3.63) is 58.9 Å². The summed E-state index contributed by atoms with van der Waals surface area (Å²) in [6.07, 6.45) is 5.54. The standard InChI is InChI=1S/C23H26Cl2N6O2/c1-2-21(32)31-14-17(15-31)29-8-10-30(11-9-29)22(33)5-4-16-12-18(24)19(25)13-20(16)28-23-26-6-3-7-27-23/h2-3,6-7,12-13,17H,1,4-5,8-11,14-15H2,(H,26,27,28). The zero-order chi connectivity index (χ0) is 23.4. The molecule has 8 nitrogen and oxygen atoms in total. The summed E-state index contributed by atoms with van der Waals surface area (Å²) in [5.41, 5.74) is 1.61. The minimum Gasteiger partial charge on any atom is -0.340 e. The van der Waals surface area contributed by atoms with E-state index in [1.54, 1.807) is 35.5 Å². The van der Waals surface area contributed by atoms with Gasteiger partial charge in [0.05, 0.1) is 10.0 Å². The van der Waals surface area contributed by atoms with E-state index in [1.165, 1.54) is 6.08 Å². The maximum absolute atomic E-state index is 12.9. The molecular weight excluding hydrogens is 463 g/mol. The highest BCUT2D eigenvalue weighted by Gasteiger charge is 2.35. The van der Waals surface area contributed by atoms with E-state index in [9.17, 15) is 9.59 Å². The molecule has 2 aromatic rings. The van der Waals surface area contributed by atoms with Crippen molar-refractivity contribution in [1.29, 1.82) is 0 Å². The molecule has 0 atom stereocenters. The lowest BCUT2D eigenvalue weighted by atomic mass is 10.0. The number of nitrogens with zero attached hydrogens (tertiary/aromatic N) is 5. The molecule has 3 heterocycles. The molecule has 1 N–H and O–H groups in total. The highest BCUT2D eigenvalue weighted by molar-refractivity contribution is 6.42. The van der Waals surface area contributed by atoms with Gasteiger partial charge in [0, 0.05) is 69.8 Å². The zero-order valence-electron chi connectivity index (χ0n) is 18.2. The highest BCUT2D eigenvalue weighted by atomic mass is 35.5. The molecule has 2 amide bonds. The fraction of sp³-hybridized carbons (Fsp3) is 0.391. The van der Waals surface area contributed by atoms with E-state index in [-0.39, 0.29) is 11.8 Å². The zero-order valence-corrected chi connectivity index (χ0v) is 19.7.